The molecular weight excluding hydrogens is 587 g/mol. The van der Waals surface area contributed by atoms with E-state index in [4.69, 9.17) is 9.97 Å². The molecule has 1 fully saturated rings. The van der Waals surface area contributed by atoms with Crippen LogP contribution in [0.1, 0.15) is 37.6 Å². The Morgan fingerprint density at radius 3 is 2.56 bits per heavy atom. The lowest BCUT2D eigenvalue weighted by Crippen LogP contribution is -2.39. The number of pyridine rings is 1. The number of aromatic nitrogens is 4. The van der Waals surface area contributed by atoms with Crippen LogP contribution >= 0.6 is 11.3 Å². The van der Waals surface area contributed by atoms with Gasteiger partial charge in [0.2, 0.25) is 11.9 Å². The first kappa shape index (κ1) is 30.4. The van der Waals surface area contributed by atoms with Crippen LogP contribution in [0, 0.1) is 12.8 Å². The van der Waals surface area contributed by atoms with Crippen molar-refractivity contribution in [2.45, 2.75) is 57.8 Å². The number of carbonyl (C=O) groups is 1. The molecule has 1 amide bonds. The molecule has 1 aromatic carbocycles. The molecule has 0 aliphatic heterocycles. The molecule has 1 aliphatic rings. The fourth-order valence-electron chi connectivity index (χ4n) is 5.04. The summed E-state index contributed by atoms with van der Waals surface area (Å²) in [5.74, 6) is -0.951. The predicted molar refractivity (Wildman–Crippen MR) is 155 cm³/mol. The molecule has 3 aromatic heterocycles. The van der Waals surface area contributed by atoms with Crippen molar-refractivity contribution in [3.8, 4) is 16.3 Å². The number of aryl methyl sites for hydroxylation is 1. The summed E-state index contributed by atoms with van der Waals surface area (Å²) in [6, 6.07) is 6.19. The van der Waals surface area contributed by atoms with Gasteiger partial charge in [-0.05, 0) is 51.0 Å². The quantitative estimate of drug-likeness (QED) is 0.185. The smallest absolute Gasteiger partial charge is 0.406 e. The number of nitrogens with zero attached hydrogens (tertiary/aromatic N) is 4. The van der Waals surface area contributed by atoms with E-state index in [1.54, 1.807) is 33.2 Å². The number of aliphatic hydroxyl groups is 2. The van der Waals surface area contributed by atoms with Crippen molar-refractivity contribution in [3.05, 3.63) is 54.0 Å². The van der Waals surface area contributed by atoms with Crippen molar-refractivity contribution in [1.29, 1.82) is 0 Å². The van der Waals surface area contributed by atoms with Crippen molar-refractivity contribution in [3.63, 3.8) is 0 Å². The average Bonchev–Trinajstić information content (AvgIpc) is 3.49. The van der Waals surface area contributed by atoms with Crippen molar-refractivity contribution >= 4 is 39.2 Å². The van der Waals surface area contributed by atoms with Crippen molar-refractivity contribution in [1.82, 2.24) is 25.3 Å². The number of hydrogen-bond donors (Lipinski definition) is 5. The zero-order valence-electron chi connectivity index (χ0n) is 23.4. The van der Waals surface area contributed by atoms with Crippen LogP contribution in [0.15, 0.2) is 42.7 Å². The Bertz CT molecular complexity index is 1570. The van der Waals surface area contributed by atoms with Crippen LogP contribution < -0.4 is 20.7 Å². The summed E-state index contributed by atoms with van der Waals surface area (Å²) in [5, 5.41) is 31.2. The molecule has 1 aliphatic carbocycles. The van der Waals surface area contributed by atoms with Crippen molar-refractivity contribution in [2.24, 2.45) is 5.92 Å². The first-order valence-corrected chi connectivity index (χ1v) is 14.4. The van der Waals surface area contributed by atoms with Crippen molar-refractivity contribution < 1.29 is 32.9 Å². The van der Waals surface area contributed by atoms with Crippen LogP contribution in [0.25, 0.3) is 20.8 Å². The van der Waals surface area contributed by atoms with Gasteiger partial charge in [-0.15, -0.1) is 24.5 Å². The Morgan fingerprint density at radius 2 is 1.88 bits per heavy atom. The number of anilines is 2. The highest BCUT2D eigenvalue weighted by Crippen LogP contribution is 2.38. The van der Waals surface area contributed by atoms with E-state index in [2.05, 4.69) is 30.7 Å². The number of halogens is 3. The molecule has 5 atom stereocenters. The maximum atomic E-state index is 12.6. The summed E-state index contributed by atoms with van der Waals surface area (Å²) in [6.45, 7) is 5.75. The van der Waals surface area contributed by atoms with E-state index in [1.165, 1.54) is 35.6 Å². The number of benzene rings is 1. The highest BCUT2D eigenvalue weighted by Gasteiger charge is 2.45. The number of fused-ring (bicyclic) bond motifs is 1. The second kappa shape index (κ2) is 12.3. The van der Waals surface area contributed by atoms with Gasteiger partial charge in [0.1, 0.15) is 28.2 Å². The lowest BCUT2D eigenvalue weighted by Gasteiger charge is -2.22. The fourth-order valence-corrected chi connectivity index (χ4v) is 6.07. The number of thiazole rings is 1. The van der Waals surface area contributed by atoms with Gasteiger partial charge in [-0.25, -0.2) is 9.97 Å². The number of nitrogens with one attached hydrogen (secondary N) is 3. The summed E-state index contributed by atoms with van der Waals surface area (Å²) >= 11 is 1.41. The van der Waals surface area contributed by atoms with Crippen LogP contribution in [0.2, 0.25) is 0 Å². The molecular formula is C28H30F3N7O4S. The fraction of sp³-hybridized carbons (Fsp3) is 0.393. The van der Waals surface area contributed by atoms with Gasteiger partial charge >= 0.3 is 6.36 Å². The molecule has 0 spiro atoms. The second-order valence-corrected chi connectivity index (χ2v) is 11.2. The van der Waals surface area contributed by atoms with Gasteiger partial charge in [0.15, 0.2) is 0 Å². The molecule has 5 N–H and O–H groups in total. The number of hydrogen-bond acceptors (Lipinski definition) is 11. The molecule has 4 aromatic rings. The van der Waals surface area contributed by atoms with Gasteiger partial charge in [0, 0.05) is 12.7 Å². The topological polar surface area (TPSA) is 154 Å². The van der Waals surface area contributed by atoms with E-state index in [1.807, 2.05) is 6.07 Å². The Balaban J connectivity index is 1.46. The minimum atomic E-state index is -4.79. The van der Waals surface area contributed by atoms with E-state index in [0.717, 1.165) is 4.70 Å². The third-order valence-electron chi connectivity index (χ3n) is 7.15. The number of carbonyl (C=O) groups excluding carboxylic acids is 1. The summed E-state index contributed by atoms with van der Waals surface area (Å²) in [7, 11) is 0. The SMILES string of the molecule is CCNC(=O)C1CC(Nc2nc(NC(C)c3ccc(OC(F)(F)F)cc3)nc(C)c2-c2nc3cnccc3s2)C(O)C1O. The Hall–Kier alpha value is -4.08. The lowest BCUT2D eigenvalue weighted by molar-refractivity contribution is -0.274. The van der Waals surface area contributed by atoms with Crippen LogP contribution in [0.4, 0.5) is 24.9 Å². The Kier molecular flexibility index (Phi) is 8.66. The van der Waals surface area contributed by atoms with Crippen LogP contribution in [-0.4, -0.2) is 67.2 Å². The monoisotopic (exact) mass is 617 g/mol. The zero-order valence-corrected chi connectivity index (χ0v) is 24.2. The highest BCUT2D eigenvalue weighted by molar-refractivity contribution is 7.21. The van der Waals surface area contributed by atoms with E-state index < -0.39 is 36.6 Å². The molecule has 0 saturated heterocycles. The third kappa shape index (κ3) is 6.78. The summed E-state index contributed by atoms with van der Waals surface area (Å²) in [6.07, 6.45) is -3.83. The van der Waals surface area contributed by atoms with Crippen LogP contribution in [0.3, 0.4) is 0 Å². The van der Waals surface area contributed by atoms with Crippen LogP contribution in [-0.2, 0) is 4.79 Å². The van der Waals surface area contributed by atoms with Gasteiger partial charge in [-0.1, -0.05) is 12.1 Å². The largest absolute Gasteiger partial charge is 0.573 e. The average molecular weight is 618 g/mol. The number of aliphatic hydroxyl groups excluding tert-OH is 2. The Morgan fingerprint density at radius 1 is 1.14 bits per heavy atom. The highest BCUT2D eigenvalue weighted by atomic mass is 32.1. The maximum absolute atomic E-state index is 12.6. The number of rotatable bonds is 9. The first-order valence-electron chi connectivity index (χ1n) is 13.6. The number of amides is 1. The summed E-state index contributed by atoms with van der Waals surface area (Å²) in [5.41, 5.74) is 2.49. The predicted octanol–water partition coefficient (Wildman–Crippen LogP) is 4.19. The van der Waals surface area contributed by atoms with Gasteiger partial charge in [0.05, 0.1) is 46.3 Å². The van der Waals surface area contributed by atoms with E-state index >= 15 is 0 Å². The normalized spacial score (nSPS) is 21.0. The number of alkyl halides is 3. The standard InChI is InChI=1S/C28H30F3N7O4S/c1-4-33-25(41)17-11-18(23(40)22(17)39)36-24-21(26-37-19-12-32-10-9-20(19)43-26)14(3)35-27(38-24)34-13(2)15-5-7-16(8-6-15)42-28(29,30)31/h5-10,12-13,17-18,22-23,39-40H,4,11H2,1-3H3,(H,33,41)(H2,34,35,36,38). The van der Waals surface area contributed by atoms with E-state index in [0.29, 0.717) is 39.7 Å². The first-order chi connectivity index (χ1) is 20.4. The minimum Gasteiger partial charge on any atom is -0.406 e. The molecule has 5 unspecified atom stereocenters. The number of ether oxygens (including phenoxy) is 1. The van der Waals surface area contributed by atoms with Crippen LogP contribution in [0.5, 0.6) is 5.75 Å². The van der Waals surface area contributed by atoms with Gasteiger partial charge in [-0.3, -0.25) is 9.78 Å². The van der Waals surface area contributed by atoms with E-state index in [9.17, 15) is 28.2 Å². The second-order valence-electron chi connectivity index (χ2n) is 10.2. The van der Waals surface area contributed by atoms with E-state index in [-0.39, 0.29) is 24.0 Å². The molecule has 228 valence electrons. The van der Waals surface area contributed by atoms with Gasteiger partial charge in [-0.2, -0.15) is 4.98 Å². The molecule has 11 nitrogen and oxygen atoms in total. The van der Waals surface area contributed by atoms with Gasteiger partial charge in [0.25, 0.3) is 0 Å². The molecule has 5 rings (SSSR count). The minimum absolute atomic E-state index is 0.159. The molecule has 3 heterocycles. The third-order valence-corrected chi connectivity index (χ3v) is 8.20. The maximum Gasteiger partial charge on any atom is 0.573 e. The molecule has 0 radical (unpaired) electrons. The summed E-state index contributed by atoms with van der Waals surface area (Å²) in [4.78, 5) is 30.7. The molecule has 15 heteroatoms. The van der Waals surface area contributed by atoms with Crippen molar-refractivity contribution in [2.75, 3.05) is 17.2 Å². The molecule has 43 heavy (non-hydrogen) atoms. The summed E-state index contributed by atoms with van der Waals surface area (Å²) < 4.78 is 42.5. The molecule has 1 saturated carbocycles. The zero-order chi connectivity index (χ0) is 30.9. The Labute approximate surface area is 248 Å². The molecule has 0 bridgehead atoms. The van der Waals surface area contributed by atoms with Gasteiger partial charge < -0.3 is 30.9 Å². The lowest BCUT2D eigenvalue weighted by atomic mass is 10.0.